The fourth-order valence-electron chi connectivity index (χ4n) is 10.6. The molecule has 4 aromatic carbocycles. The van der Waals surface area contributed by atoms with Crippen LogP contribution in [0.15, 0.2) is 84.9 Å². The lowest BCUT2D eigenvalue weighted by molar-refractivity contribution is -0.125. The molecule has 1 aliphatic carbocycles. The minimum absolute atomic E-state index is 0.0217. The molecule has 0 spiro atoms. The number of rotatable bonds is 12. The van der Waals surface area contributed by atoms with Crippen molar-refractivity contribution in [2.24, 2.45) is 11.8 Å². The largest absolute Gasteiger partial charge is 0.508 e. The number of carbonyl (C=O) groups excluding carboxylic acids is 4. The van der Waals surface area contributed by atoms with Crippen LogP contribution in [0.4, 0.5) is 5.69 Å². The van der Waals surface area contributed by atoms with Gasteiger partial charge < -0.3 is 34.8 Å². The zero-order valence-corrected chi connectivity index (χ0v) is 33.3. The Labute approximate surface area is 340 Å². The highest BCUT2D eigenvalue weighted by atomic mass is 16.3. The summed E-state index contributed by atoms with van der Waals surface area (Å²) in [6.07, 6.45) is 5.59. The van der Waals surface area contributed by atoms with Crippen molar-refractivity contribution in [3.63, 3.8) is 0 Å². The van der Waals surface area contributed by atoms with Crippen LogP contribution in [-0.2, 0) is 29.1 Å². The quantitative estimate of drug-likeness (QED) is 0.167. The minimum atomic E-state index is -0.720. The maximum Gasteiger partial charge on any atom is 0.255 e. The molecule has 0 bridgehead atoms. The van der Waals surface area contributed by atoms with Gasteiger partial charge in [-0.05, 0) is 108 Å². The van der Waals surface area contributed by atoms with E-state index in [1.165, 1.54) is 52.7 Å². The normalized spacial score (nSPS) is 21.4. The standard InChI is InChI=1S/C48H53N5O5/c1-49-46(56)44(8-5-21-54)53-30-37-22-36-29-52(47(57)42(36)24-43(37)48(53)58)28-32-26-50(27-32)25-31-17-19-51(20-18-31)38-12-9-34(10-13-38)45-40(33-6-3-2-4-7-33)15-11-35-23-39(55)14-16-41(35)45/h2-4,6-7,9-10,12-14,16,21-24,31-32,40,44-45,55H,5,8,11,15,17-20,25-30H2,1H3,(H,49,56). The van der Waals surface area contributed by atoms with Crippen molar-refractivity contribution in [3.8, 4) is 5.75 Å². The summed E-state index contributed by atoms with van der Waals surface area (Å²) in [5.41, 5.74) is 9.42. The molecule has 4 heterocycles. The number of likely N-dealkylation sites (N-methyl/N-ethyl adjacent to an activating group) is 1. The summed E-state index contributed by atoms with van der Waals surface area (Å²) < 4.78 is 0. The molecule has 58 heavy (non-hydrogen) atoms. The molecule has 5 aliphatic rings. The molecule has 2 fully saturated rings. The zero-order valence-electron chi connectivity index (χ0n) is 33.3. The van der Waals surface area contributed by atoms with E-state index in [9.17, 15) is 24.3 Å². The van der Waals surface area contributed by atoms with Crippen LogP contribution < -0.4 is 10.2 Å². The minimum Gasteiger partial charge on any atom is -0.508 e. The number of aromatic hydroxyl groups is 1. The van der Waals surface area contributed by atoms with Gasteiger partial charge in [0, 0.05) is 94.5 Å². The first-order valence-corrected chi connectivity index (χ1v) is 21.1. The van der Waals surface area contributed by atoms with Crippen LogP contribution in [0.1, 0.15) is 98.0 Å². The molecule has 3 unspecified atom stereocenters. The summed E-state index contributed by atoms with van der Waals surface area (Å²) in [5.74, 6) is 1.52. The van der Waals surface area contributed by atoms with E-state index in [2.05, 4.69) is 75.8 Å². The first kappa shape index (κ1) is 38.1. The Morgan fingerprint density at radius 2 is 1.55 bits per heavy atom. The number of phenolic OH excluding ortho intramolecular Hbond substituents is 1. The van der Waals surface area contributed by atoms with Crippen LogP contribution in [0.2, 0.25) is 0 Å². The van der Waals surface area contributed by atoms with E-state index >= 15 is 0 Å². The van der Waals surface area contributed by atoms with Crippen molar-refractivity contribution in [1.29, 1.82) is 0 Å². The number of anilines is 1. The van der Waals surface area contributed by atoms with Crippen LogP contribution in [0.3, 0.4) is 0 Å². The lowest BCUT2D eigenvalue weighted by Gasteiger charge is -2.44. The number of piperidine rings is 1. The molecule has 10 nitrogen and oxygen atoms in total. The molecule has 300 valence electrons. The first-order valence-electron chi connectivity index (χ1n) is 21.1. The van der Waals surface area contributed by atoms with Gasteiger partial charge in [-0.1, -0.05) is 54.6 Å². The van der Waals surface area contributed by atoms with Crippen LogP contribution in [-0.4, -0.2) is 96.2 Å². The number of aryl methyl sites for hydroxylation is 1. The van der Waals surface area contributed by atoms with Gasteiger partial charge in [0.15, 0.2) is 0 Å². The second kappa shape index (κ2) is 16.0. The van der Waals surface area contributed by atoms with Gasteiger partial charge in [0.25, 0.3) is 11.8 Å². The van der Waals surface area contributed by atoms with Gasteiger partial charge >= 0.3 is 0 Å². The van der Waals surface area contributed by atoms with Crippen molar-refractivity contribution in [1.82, 2.24) is 20.0 Å². The topological polar surface area (TPSA) is 114 Å². The number of nitrogens with one attached hydrogen (secondary N) is 1. The van der Waals surface area contributed by atoms with Crippen molar-refractivity contribution >= 4 is 29.7 Å². The molecule has 4 aliphatic heterocycles. The number of hydrogen-bond donors (Lipinski definition) is 2. The third-order valence-corrected chi connectivity index (χ3v) is 13.6. The fourth-order valence-corrected chi connectivity index (χ4v) is 10.6. The Morgan fingerprint density at radius 1 is 0.810 bits per heavy atom. The van der Waals surface area contributed by atoms with Gasteiger partial charge in [-0.3, -0.25) is 14.4 Å². The maximum atomic E-state index is 13.5. The summed E-state index contributed by atoms with van der Waals surface area (Å²) in [6.45, 7) is 6.77. The number of phenols is 1. The predicted octanol–water partition coefficient (Wildman–Crippen LogP) is 6.11. The summed E-state index contributed by atoms with van der Waals surface area (Å²) in [6, 6.07) is 29.1. The van der Waals surface area contributed by atoms with E-state index in [0.717, 1.165) is 63.0 Å². The molecule has 0 saturated carbocycles. The molecule has 10 heteroatoms. The molecular weight excluding hydrogens is 727 g/mol. The summed E-state index contributed by atoms with van der Waals surface area (Å²) in [4.78, 5) is 59.1. The van der Waals surface area contributed by atoms with Crippen LogP contribution in [0.5, 0.6) is 5.75 Å². The van der Waals surface area contributed by atoms with E-state index in [1.54, 1.807) is 6.07 Å². The van der Waals surface area contributed by atoms with Crippen molar-refractivity contribution in [2.45, 2.75) is 69.5 Å². The van der Waals surface area contributed by atoms with Gasteiger partial charge in [0.05, 0.1) is 0 Å². The number of hydrogen-bond acceptors (Lipinski definition) is 7. The molecule has 3 atom stereocenters. The van der Waals surface area contributed by atoms with Gasteiger partial charge in [-0.25, -0.2) is 0 Å². The van der Waals surface area contributed by atoms with Crippen LogP contribution in [0.25, 0.3) is 0 Å². The number of benzene rings is 4. The number of carbonyl (C=O) groups is 4. The lowest BCUT2D eigenvalue weighted by atomic mass is 9.69. The van der Waals surface area contributed by atoms with Crippen molar-refractivity contribution < 1.29 is 24.3 Å². The maximum absolute atomic E-state index is 13.5. The van der Waals surface area contributed by atoms with Gasteiger partial charge in [0.2, 0.25) is 5.91 Å². The van der Waals surface area contributed by atoms with Crippen LogP contribution >= 0.6 is 0 Å². The number of likely N-dealkylation sites (tertiary alicyclic amines) is 1. The molecule has 9 rings (SSSR count). The summed E-state index contributed by atoms with van der Waals surface area (Å²) in [5, 5.41) is 12.8. The highest BCUT2D eigenvalue weighted by Gasteiger charge is 2.40. The van der Waals surface area contributed by atoms with Gasteiger partial charge in [-0.2, -0.15) is 0 Å². The predicted molar refractivity (Wildman–Crippen MR) is 223 cm³/mol. The number of nitrogens with zero attached hydrogens (tertiary/aromatic N) is 4. The Morgan fingerprint density at radius 3 is 2.29 bits per heavy atom. The lowest BCUT2D eigenvalue weighted by Crippen LogP contribution is -2.53. The first-order chi connectivity index (χ1) is 28.3. The molecule has 2 N–H and O–H groups in total. The van der Waals surface area contributed by atoms with E-state index in [0.29, 0.717) is 54.3 Å². The average molecular weight is 780 g/mol. The Kier molecular flexibility index (Phi) is 10.5. The third-order valence-electron chi connectivity index (χ3n) is 13.6. The van der Waals surface area contributed by atoms with Gasteiger partial charge in [-0.15, -0.1) is 0 Å². The van der Waals surface area contributed by atoms with E-state index in [1.807, 2.05) is 23.1 Å². The Balaban J connectivity index is 0.756. The molecule has 0 aromatic heterocycles. The second-order valence-electron chi connectivity index (χ2n) is 17.2. The number of fused-ring (bicyclic) bond motifs is 3. The van der Waals surface area contributed by atoms with Crippen molar-refractivity contribution in [2.75, 3.05) is 51.2 Å². The number of aldehydes is 1. The van der Waals surface area contributed by atoms with Gasteiger partial charge in [0.1, 0.15) is 18.1 Å². The molecule has 4 aromatic rings. The Bertz CT molecular complexity index is 2190. The van der Waals surface area contributed by atoms with Crippen molar-refractivity contribution in [3.05, 3.63) is 129 Å². The Hall–Kier alpha value is -5.48. The highest BCUT2D eigenvalue weighted by molar-refractivity contribution is 6.05. The summed E-state index contributed by atoms with van der Waals surface area (Å²) >= 11 is 0. The molecular formula is C48H53N5O5. The SMILES string of the molecule is CNC(=O)C(CCC=O)N1Cc2cc3c(cc2C1=O)C(=O)N(CC1CN(CC2CCN(c4ccc(C5c6ccc(O)cc6CCC5c5ccccc5)cc4)CC2)C1)C3. The van der Waals surface area contributed by atoms with E-state index < -0.39 is 6.04 Å². The monoisotopic (exact) mass is 779 g/mol. The zero-order chi connectivity index (χ0) is 39.9. The molecule has 2 saturated heterocycles. The van der Waals surface area contributed by atoms with Crippen LogP contribution in [0, 0.1) is 11.8 Å². The second-order valence-corrected chi connectivity index (χ2v) is 17.2. The third kappa shape index (κ3) is 7.27. The highest BCUT2D eigenvalue weighted by Crippen LogP contribution is 2.47. The molecule has 3 amide bonds. The number of amides is 3. The van der Waals surface area contributed by atoms with E-state index in [-0.39, 0.29) is 36.5 Å². The fraction of sp³-hybridized carbons (Fsp3) is 0.417. The average Bonchev–Trinajstić information content (AvgIpc) is 3.72. The smallest absolute Gasteiger partial charge is 0.255 e. The van der Waals surface area contributed by atoms with E-state index in [4.69, 9.17) is 0 Å². The summed E-state index contributed by atoms with van der Waals surface area (Å²) in [7, 11) is 1.53. The molecule has 0 radical (unpaired) electrons.